The molecule has 0 aliphatic heterocycles. The molecule has 2 heteroatoms. The molecule has 0 saturated carbocycles. The molecule has 1 rings (SSSR count). The smallest absolute Gasteiger partial charge is 0.0983 e. The van der Waals surface area contributed by atoms with Crippen LogP contribution in [0.1, 0.15) is 25.8 Å². The molecule has 0 heterocycles. The van der Waals surface area contributed by atoms with E-state index in [2.05, 4.69) is 11.8 Å². The van der Waals surface area contributed by atoms with Gasteiger partial charge in [-0.1, -0.05) is 30.0 Å². The van der Waals surface area contributed by atoms with Crippen molar-refractivity contribution in [3.05, 3.63) is 35.9 Å². The summed E-state index contributed by atoms with van der Waals surface area (Å²) in [5, 5.41) is 19.0. The van der Waals surface area contributed by atoms with Crippen LogP contribution in [0.4, 0.5) is 0 Å². The SMILES string of the molecule is C[C@H](O)[C@@](C)(O)CC#Cc1ccccc1. The van der Waals surface area contributed by atoms with Gasteiger partial charge in [0.15, 0.2) is 0 Å². The predicted octanol–water partition coefficient (Wildman–Crippen LogP) is 1.56. The van der Waals surface area contributed by atoms with Crippen LogP contribution in [0.25, 0.3) is 0 Å². The van der Waals surface area contributed by atoms with E-state index in [0.29, 0.717) is 0 Å². The fourth-order valence-electron chi connectivity index (χ4n) is 0.994. The van der Waals surface area contributed by atoms with Gasteiger partial charge < -0.3 is 10.2 Å². The van der Waals surface area contributed by atoms with Crippen LogP contribution in [0, 0.1) is 11.8 Å². The van der Waals surface area contributed by atoms with Crippen molar-refractivity contribution in [1.82, 2.24) is 0 Å². The molecule has 0 saturated heterocycles. The molecule has 0 spiro atoms. The van der Waals surface area contributed by atoms with E-state index in [-0.39, 0.29) is 6.42 Å². The van der Waals surface area contributed by atoms with Crippen LogP contribution < -0.4 is 0 Å². The highest BCUT2D eigenvalue weighted by Crippen LogP contribution is 2.13. The standard InChI is InChI=1S/C13H16O2/c1-11(14)13(2,15)10-6-9-12-7-4-3-5-8-12/h3-5,7-8,11,14-15H,10H2,1-2H3/t11-,13-/m0/s1. The van der Waals surface area contributed by atoms with E-state index >= 15 is 0 Å². The molecular weight excluding hydrogens is 188 g/mol. The van der Waals surface area contributed by atoms with E-state index in [1.807, 2.05) is 30.3 Å². The lowest BCUT2D eigenvalue weighted by Crippen LogP contribution is -2.36. The Kier molecular flexibility index (Phi) is 3.90. The molecule has 2 N–H and O–H groups in total. The Morgan fingerprint density at radius 2 is 1.93 bits per heavy atom. The summed E-state index contributed by atoms with van der Waals surface area (Å²) in [4.78, 5) is 0. The van der Waals surface area contributed by atoms with Gasteiger partial charge in [-0.25, -0.2) is 0 Å². The van der Waals surface area contributed by atoms with Crippen molar-refractivity contribution in [1.29, 1.82) is 0 Å². The fourth-order valence-corrected chi connectivity index (χ4v) is 0.994. The summed E-state index contributed by atoms with van der Waals surface area (Å²) < 4.78 is 0. The number of hydrogen-bond donors (Lipinski definition) is 2. The number of rotatable bonds is 2. The number of benzene rings is 1. The van der Waals surface area contributed by atoms with Crippen LogP contribution in [-0.2, 0) is 0 Å². The lowest BCUT2D eigenvalue weighted by Gasteiger charge is -2.23. The van der Waals surface area contributed by atoms with Crippen LogP contribution >= 0.6 is 0 Å². The van der Waals surface area contributed by atoms with Crippen molar-refractivity contribution in [2.24, 2.45) is 0 Å². The number of aliphatic hydroxyl groups is 2. The van der Waals surface area contributed by atoms with Crippen LogP contribution in [0.15, 0.2) is 30.3 Å². The third-order valence-corrected chi connectivity index (χ3v) is 2.35. The lowest BCUT2D eigenvalue weighted by molar-refractivity contribution is -0.0479. The zero-order valence-electron chi connectivity index (χ0n) is 9.07. The highest BCUT2D eigenvalue weighted by atomic mass is 16.3. The van der Waals surface area contributed by atoms with Crippen LogP contribution in [0.5, 0.6) is 0 Å². The Bertz CT molecular complexity index is 355. The quantitative estimate of drug-likeness (QED) is 0.718. The highest BCUT2D eigenvalue weighted by molar-refractivity contribution is 5.33. The van der Waals surface area contributed by atoms with Gasteiger partial charge in [0.1, 0.15) is 0 Å². The van der Waals surface area contributed by atoms with Crippen molar-refractivity contribution < 1.29 is 10.2 Å². The molecule has 0 radical (unpaired) electrons. The average Bonchev–Trinajstić information content (AvgIpc) is 2.19. The van der Waals surface area contributed by atoms with E-state index in [4.69, 9.17) is 0 Å². The van der Waals surface area contributed by atoms with E-state index in [9.17, 15) is 10.2 Å². The van der Waals surface area contributed by atoms with Gasteiger partial charge in [0, 0.05) is 12.0 Å². The van der Waals surface area contributed by atoms with Crippen molar-refractivity contribution in [3.8, 4) is 11.8 Å². The number of aliphatic hydroxyl groups excluding tert-OH is 1. The molecule has 0 unspecified atom stereocenters. The first-order chi connectivity index (χ1) is 7.02. The van der Waals surface area contributed by atoms with Crippen molar-refractivity contribution in [2.75, 3.05) is 0 Å². The van der Waals surface area contributed by atoms with E-state index in [0.717, 1.165) is 5.56 Å². The Morgan fingerprint density at radius 1 is 1.33 bits per heavy atom. The van der Waals surface area contributed by atoms with Gasteiger partial charge in [-0.15, -0.1) is 0 Å². The molecule has 2 atom stereocenters. The summed E-state index contributed by atoms with van der Waals surface area (Å²) in [6.07, 6.45) is -0.512. The van der Waals surface area contributed by atoms with Crippen molar-refractivity contribution in [2.45, 2.75) is 32.0 Å². The summed E-state index contributed by atoms with van der Waals surface area (Å²) in [6, 6.07) is 9.57. The Morgan fingerprint density at radius 3 is 2.47 bits per heavy atom. The first-order valence-corrected chi connectivity index (χ1v) is 4.97. The van der Waals surface area contributed by atoms with Gasteiger partial charge in [-0.05, 0) is 26.0 Å². The van der Waals surface area contributed by atoms with Gasteiger partial charge >= 0.3 is 0 Å². The van der Waals surface area contributed by atoms with Crippen molar-refractivity contribution in [3.63, 3.8) is 0 Å². The van der Waals surface area contributed by atoms with Crippen LogP contribution in [0.3, 0.4) is 0 Å². The normalized spacial score (nSPS) is 16.0. The zero-order chi connectivity index (χ0) is 11.3. The maximum atomic E-state index is 9.72. The molecule has 80 valence electrons. The first-order valence-electron chi connectivity index (χ1n) is 4.97. The summed E-state index contributed by atoms with van der Waals surface area (Å²) >= 11 is 0. The Labute approximate surface area is 90.6 Å². The highest BCUT2D eigenvalue weighted by Gasteiger charge is 2.25. The minimum Gasteiger partial charge on any atom is -0.390 e. The molecule has 0 aliphatic carbocycles. The minimum atomic E-state index is -1.14. The Balaban J connectivity index is 2.62. The topological polar surface area (TPSA) is 40.5 Å². The van der Waals surface area contributed by atoms with Gasteiger partial charge in [-0.3, -0.25) is 0 Å². The molecule has 0 aromatic heterocycles. The second-order valence-corrected chi connectivity index (χ2v) is 3.88. The van der Waals surface area contributed by atoms with E-state index < -0.39 is 11.7 Å². The molecule has 0 fully saturated rings. The molecule has 0 aliphatic rings. The molecule has 0 amide bonds. The third-order valence-electron chi connectivity index (χ3n) is 2.35. The second-order valence-electron chi connectivity index (χ2n) is 3.88. The van der Waals surface area contributed by atoms with E-state index in [1.165, 1.54) is 0 Å². The van der Waals surface area contributed by atoms with Gasteiger partial charge in [0.2, 0.25) is 0 Å². The van der Waals surface area contributed by atoms with Gasteiger partial charge in [0.05, 0.1) is 11.7 Å². The first kappa shape index (κ1) is 11.8. The summed E-state index contributed by atoms with van der Waals surface area (Å²) in [5.74, 6) is 5.80. The Hall–Kier alpha value is -1.30. The van der Waals surface area contributed by atoms with Gasteiger partial charge in [0.25, 0.3) is 0 Å². The molecular formula is C13H16O2. The molecule has 15 heavy (non-hydrogen) atoms. The van der Waals surface area contributed by atoms with E-state index in [1.54, 1.807) is 13.8 Å². The second kappa shape index (κ2) is 4.97. The van der Waals surface area contributed by atoms with Gasteiger partial charge in [-0.2, -0.15) is 0 Å². The molecule has 1 aromatic carbocycles. The third kappa shape index (κ3) is 3.75. The zero-order valence-corrected chi connectivity index (χ0v) is 9.07. The predicted molar refractivity (Wildman–Crippen MR) is 60.2 cm³/mol. The summed E-state index contributed by atoms with van der Waals surface area (Å²) in [5.41, 5.74) is -0.221. The van der Waals surface area contributed by atoms with Crippen LogP contribution in [0.2, 0.25) is 0 Å². The average molecular weight is 204 g/mol. The molecule has 2 nitrogen and oxygen atoms in total. The maximum Gasteiger partial charge on any atom is 0.0983 e. The van der Waals surface area contributed by atoms with Crippen LogP contribution in [-0.4, -0.2) is 21.9 Å². The summed E-state index contributed by atoms with van der Waals surface area (Å²) in [7, 11) is 0. The van der Waals surface area contributed by atoms with Crippen molar-refractivity contribution >= 4 is 0 Å². The fraction of sp³-hybridized carbons (Fsp3) is 0.385. The lowest BCUT2D eigenvalue weighted by atomic mass is 9.97. The minimum absolute atomic E-state index is 0.263. The summed E-state index contributed by atoms with van der Waals surface area (Å²) in [6.45, 7) is 3.14. The molecule has 1 aromatic rings. The molecule has 0 bridgehead atoms. The number of hydrogen-bond acceptors (Lipinski definition) is 2. The largest absolute Gasteiger partial charge is 0.390 e. The maximum absolute atomic E-state index is 9.72. The monoisotopic (exact) mass is 204 g/mol.